The fourth-order valence-corrected chi connectivity index (χ4v) is 3.14. The molecule has 1 aromatic heterocycles. The maximum Gasteiger partial charge on any atom is 0.267 e. The SMILES string of the molecule is COc1ccc2[nH]c(C(=O)NCC3(N)CCCCC3)cc2c1. The normalized spacial score (nSPS) is 17.4. The highest BCUT2D eigenvalue weighted by Crippen LogP contribution is 2.25. The van der Waals surface area contributed by atoms with E-state index < -0.39 is 0 Å². The lowest BCUT2D eigenvalue weighted by Crippen LogP contribution is -2.51. The van der Waals surface area contributed by atoms with E-state index in [2.05, 4.69) is 10.3 Å². The van der Waals surface area contributed by atoms with Gasteiger partial charge in [-0.25, -0.2) is 0 Å². The van der Waals surface area contributed by atoms with Gasteiger partial charge in [0.25, 0.3) is 5.91 Å². The van der Waals surface area contributed by atoms with Crippen molar-refractivity contribution in [3.05, 3.63) is 30.0 Å². The third kappa shape index (κ3) is 3.09. The molecule has 0 unspecified atom stereocenters. The van der Waals surface area contributed by atoms with E-state index >= 15 is 0 Å². The summed E-state index contributed by atoms with van der Waals surface area (Å²) < 4.78 is 5.20. The first-order chi connectivity index (χ1) is 10.6. The number of amides is 1. The Balaban J connectivity index is 1.69. The van der Waals surface area contributed by atoms with Gasteiger partial charge in [0.05, 0.1) is 7.11 Å². The molecule has 1 fully saturated rings. The summed E-state index contributed by atoms with van der Waals surface area (Å²) in [6.45, 7) is 0.532. The molecule has 4 N–H and O–H groups in total. The average molecular weight is 301 g/mol. The van der Waals surface area contributed by atoms with Gasteiger partial charge >= 0.3 is 0 Å². The van der Waals surface area contributed by atoms with Crippen LogP contribution in [0, 0.1) is 0 Å². The molecule has 5 heteroatoms. The predicted octanol–water partition coefficient (Wildman–Crippen LogP) is 2.57. The van der Waals surface area contributed by atoms with Gasteiger partial charge in [-0.15, -0.1) is 0 Å². The van der Waals surface area contributed by atoms with Crippen molar-refractivity contribution >= 4 is 16.8 Å². The van der Waals surface area contributed by atoms with E-state index in [9.17, 15) is 4.79 Å². The van der Waals surface area contributed by atoms with Crippen molar-refractivity contribution in [2.45, 2.75) is 37.6 Å². The smallest absolute Gasteiger partial charge is 0.267 e. The molecule has 22 heavy (non-hydrogen) atoms. The first-order valence-electron chi connectivity index (χ1n) is 7.83. The van der Waals surface area contributed by atoms with Gasteiger partial charge in [-0.05, 0) is 37.1 Å². The topological polar surface area (TPSA) is 80.1 Å². The number of rotatable bonds is 4. The Bertz CT molecular complexity index is 672. The summed E-state index contributed by atoms with van der Waals surface area (Å²) in [6, 6.07) is 7.54. The number of hydrogen-bond acceptors (Lipinski definition) is 3. The van der Waals surface area contributed by atoms with E-state index in [0.29, 0.717) is 12.2 Å². The standard InChI is InChI=1S/C17H23N3O2/c1-22-13-5-6-14-12(9-13)10-15(20-14)16(21)19-11-17(18)7-3-2-4-8-17/h5-6,9-10,20H,2-4,7-8,11,18H2,1H3,(H,19,21). The van der Waals surface area contributed by atoms with Gasteiger partial charge in [0, 0.05) is 23.0 Å². The Morgan fingerprint density at radius 2 is 2.09 bits per heavy atom. The molecule has 1 heterocycles. The number of fused-ring (bicyclic) bond motifs is 1. The molecule has 1 aliphatic carbocycles. The van der Waals surface area contributed by atoms with Crippen LogP contribution < -0.4 is 15.8 Å². The lowest BCUT2D eigenvalue weighted by Gasteiger charge is -2.33. The number of carbonyl (C=O) groups is 1. The van der Waals surface area contributed by atoms with E-state index in [4.69, 9.17) is 10.5 Å². The van der Waals surface area contributed by atoms with Gasteiger partial charge in [0.1, 0.15) is 11.4 Å². The monoisotopic (exact) mass is 301 g/mol. The maximum absolute atomic E-state index is 12.3. The van der Waals surface area contributed by atoms with E-state index in [0.717, 1.165) is 42.3 Å². The van der Waals surface area contributed by atoms with Crippen molar-refractivity contribution in [2.75, 3.05) is 13.7 Å². The van der Waals surface area contributed by atoms with Crippen LogP contribution in [0.25, 0.3) is 10.9 Å². The lowest BCUT2D eigenvalue weighted by molar-refractivity contribution is 0.0933. The third-order valence-corrected chi connectivity index (χ3v) is 4.52. The molecule has 2 aromatic rings. The highest BCUT2D eigenvalue weighted by atomic mass is 16.5. The number of H-pyrrole nitrogens is 1. The van der Waals surface area contributed by atoms with E-state index in [1.54, 1.807) is 7.11 Å². The Hall–Kier alpha value is -2.01. The second-order valence-electron chi connectivity index (χ2n) is 6.24. The number of benzene rings is 1. The molecular weight excluding hydrogens is 278 g/mol. The maximum atomic E-state index is 12.3. The van der Waals surface area contributed by atoms with Gasteiger partial charge in [-0.2, -0.15) is 0 Å². The molecule has 1 aliphatic rings. The van der Waals surface area contributed by atoms with Crippen molar-refractivity contribution < 1.29 is 9.53 Å². The average Bonchev–Trinajstić information content (AvgIpc) is 2.96. The van der Waals surface area contributed by atoms with Crippen LogP contribution in [0.4, 0.5) is 0 Å². The molecule has 0 radical (unpaired) electrons. The number of nitrogens with two attached hydrogens (primary N) is 1. The molecule has 0 aliphatic heterocycles. The minimum atomic E-state index is -0.247. The highest BCUT2D eigenvalue weighted by molar-refractivity contribution is 5.98. The number of carbonyl (C=O) groups excluding carboxylic acids is 1. The second-order valence-corrected chi connectivity index (χ2v) is 6.24. The molecule has 3 rings (SSSR count). The first-order valence-corrected chi connectivity index (χ1v) is 7.83. The van der Waals surface area contributed by atoms with Gasteiger partial charge in [0.2, 0.25) is 0 Å². The highest BCUT2D eigenvalue weighted by Gasteiger charge is 2.28. The molecule has 1 aromatic carbocycles. The summed E-state index contributed by atoms with van der Waals surface area (Å²) in [5.74, 6) is 0.673. The predicted molar refractivity (Wildman–Crippen MR) is 87.2 cm³/mol. The molecule has 0 saturated heterocycles. The van der Waals surface area contributed by atoms with E-state index in [-0.39, 0.29) is 11.4 Å². The van der Waals surface area contributed by atoms with Gasteiger partial charge in [0.15, 0.2) is 0 Å². The Labute approximate surface area is 130 Å². The van der Waals surface area contributed by atoms with Crippen molar-refractivity contribution in [1.29, 1.82) is 0 Å². The Morgan fingerprint density at radius 1 is 1.32 bits per heavy atom. The molecule has 5 nitrogen and oxygen atoms in total. The fourth-order valence-electron chi connectivity index (χ4n) is 3.14. The fraction of sp³-hybridized carbons (Fsp3) is 0.471. The van der Waals surface area contributed by atoms with Crippen LogP contribution in [0.3, 0.4) is 0 Å². The summed E-state index contributed by atoms with van der Waals surface area (Å²) in [7, 11) is 1.63. The first kappa shape index (κ1) is 14.9. The van der Waals surface area contributed by atoms with Crippen molar-refractivity contribution in [3.63, 3.8) is 0 Å². The largest absolute Gasteiger partial charge is 0.497 e. The quantitative estimate of drug-likeness (QED) is 0.812. The van der Waals surface area contributed by atoms with Crippen LogP contribution >= 0.6 is 0 Å². The molecule has 118 valence electrons. The minimum absolute atomic E-state index is 0.106. The molecule has 0 atom stereocenters. The summed E-state index contributed by atoms with van der Waals surface area (Å²) >= 11 is 0. The molecule has 1 amide bonds. The van der Waals surface area contributed by atoms with E-state index in [1.165, 1.54) is 6.42 Å². The number of aromatic nitrogens is 1. The molecule has 0 bridgehead atoms. The molecule has 1 saturated carbocycles. The van der Waals surface area contributed by atoms with E-state index in [1.807, 2.05) is 24.3 Å². The zero-order valence-electron chi connectivity index (χ0n) is 12.9. The van der Waals surface area contributed by atoms with Crippen molar-refractivity contribution in [1.82, 2.24) is 10.3 Å². The molecule has 0 spiro atoms. The number of methoxy groups -OCH3 is 1. The number of nitrogens with one attached hydrogen (secondary N) is 2. The van der Waals surface area contributed by atoms with Crippen molar-refractivity contribution in [3.8, 4) is 5.75 Å². The summed E-state index contributed by atoms with van der Waals surface area (Å²) in [6.07, 6.45) is 5.52. The van der Waals surface area contributed by atoms with Crippen LogP contribution in [0.15, 0.2) is 24.3 Å². The molecular formula is C17H23N3O2. The van der Waals surface area contributed by atoms with Crippen LogP contribution in [0.1, 0.15) is 42.6 Å². The second kappa shape index (κ2) is 6.01. The van der Waals surface area contributed by atoms with Gasteiger partial charge < -0.3 is 20.8 Å². The van der Waals surface area contributed by atoms with Crippen LogP contribution in [-0.2, 0) is 0 Å². The van der Waals surface area contributed by atoms with Gasteiger partial charge in [-0.3, -0.25) is 4.79 Å². The van der Waals surface area contributed by atoms with Crippen LogP contribution in [-0.4, -0.2) is 30.1 Å². The Morgan fingerprint density at radius 3 is 2.82 bits per heavy atom. The Kier molecular flexibility index (Phi) is 4.07. The van der Waals surface area contributed by atoms with Crippen molar-refractivity contribution in [2.24, 2.45) is 5.73 Å². The third-order valence-electron chi connectivity index (χ3n) is 4.52. The van der Waals surface area contributed by atoms with Gasteiger partial charge in [-0.1, -0.05) is 19.3 Å². The number of aromatic amines is 1. The zero-order chi connectivity index (χ0) is 15.6. The van der Waals surface area contributed by atoms with Crippen LogP contribution in [0.2, 0.25) is 0 Å². The van der Waals surface area contributed by atoms with Crippen LogP contribution in [0.5, 0.6) is 5.75 Å². The summed E-state index contributed by atoms with van der Waals surface area (Å²) in [4.78, 5) is 15.5. The number of hydrogen-bond donors (Lipinski definition) is 3. The summed E-state index contributed by atoms with van der Waals surface area (Å²) in [5, 5.41) is 3.93. The zero-order valence-corrected chi connectivity index (χ0v) is 12.9. The summed E-state index contributed by atoms with van der Waals surface area (Å²) in [5.41, 5.74) is 7.59. The lowest BCUT2D eigenvalue weighted by atomic mass is 9.82. The number of ether oxygens (including phenoxy) is 1. The minimum Gasteiger partial charge on any atom is -0.497 e.